The zero-order chi connectivity index (χ0) is 17.6. The minimum absolute atomic E-state index is 0.143. The minimum atomic E-state index is -0.422. The Labute approximate surface area is 152 Å². The number of allylic oxidation sites excluding steroid dienone is 1. The van der Waals surface area contributed by atoms with Crippen LogP contribution in [0.15, 0.2) is 52.3 Å². The van der Waals surface area contributed by atoms with E-state index in [1.807, 2.05) is 24.3 Å². The molecule has 25 heavy (non-hydrogen) atoms. The molecule has 0 fully saturated rings. The molecule has 0 amide bonds. The second-order valence-electron chi connectivity index (χ2n) is 5.49. The first-order valence-electron chi connectivity index (χ1n) is 7.39. The van der Waals surface area contributed by atoms with Crippen LogP contribution in [0.25, 0.3) is 17.3 Å². The molecule has 0 saturated carbocycles. The van der Waals surface area contributed by atoms with Gasteiger partial charge in [0.1, 0.15) is 5.56 Å². The normalized spacial score (nSPS) is 14.2. The smallest absolute Gasteiger partial charge is 0.275 e. The molecule has 124 valence electrons. The number of hydrogen-bond donors (Lipinski definition) is 2. The molecule has 3 aromatic rings. The fourth-order valence-electron chi connectivity index (χ4n) is 2.69. The largest absolute Gasteiger partial charge is 0.493 e. The highest BCUT2D eigenvalue weighted by atomic mass is 35.5. The third-order valence-electron chi connectivity index (χ3n) is 3.93. The van der Waals surface area contributed by atoms with E-state index in [9.17, 15) is 9.90 Å². The van der Waals surface area contributed by atoms with Gasteiger partial charge < -0.3 is 5.11 Å². The summed E-state index contributed by atoms with van der Waals surface area (Å²) in [6.45, 7) is 0. The molecule has 0 bridgehead atoms. The van der Waals surface area contributed by atoms with E-state index in [-0.39, 0.29) is 11.4 Å². The molecule has 2 heterocycles. The van der Waals surface area contributed by atoms with Gasteiger partial charge in [0.15, 0.2) is 0 Å². The lowest BCUT2D eigenvalue weighted by Crippen LogP contribution is -2.05. The van der Waals surface area contributed by atoms with Crippen LogP contribution in [0.5, 0.6) is 5.88 Å². The molecule has 2 aromatic carbocycles. The van der Waals surface area contributed by atoms with Crippen LogP contribution in [-0.4, -0.2) is 21.1 Å². The molecule has 2 N–H and O–H groups in total. The first-order chi connectivity index (χ1) is 12.0. The van der Waals surface area contributed by atoms with E-state index < -0.39 is 5.56 Å². The van der Waals surface area contributed by atoms with Gasteiger partial charge in [0.05, 0.1) is 21.4 Å². The Kier molecular flexibility index (Phi) is 3.75. The molecule has 7 heteroatoms. The lowest BCUT2D eigenvalue weighted by atomic mass is 10.1. The van der Waals surface area contributed by atoms with Gasteiger partial charge in [-0.1, -0.05) is 41.4 Å². The third-order valence-corrected chi connectivity index (χ3v) is 4.67. The highest BCUT2D eigenvalue weighted by molar-refractivity contribution is 6.42. The Balaban J connectivity index is 1.82. The lowest BCUT2D eigenvalue weighted by molar-refractivity contribution is 0.432. The molecule has 0 aliphatic carbocycles. The number of benzene rings is 2. The van der Waals surface area contributed by atoms with Crippen molar-refractivity contribution in [2.75, 3.05) is 0 Å². The standard InChI is InChI=1S/C18H11Cl2N3O2/c19-14-6-5-11(8-15(14)20)23-18(25)13(17(24)22-23)7-10-9-21-16-4-2-1-3-12(10)16/h1-9,25H,(H,22,24). The molecule has 0 unspecified atom stereocenters. The third kappa shape index (κ3) is 2.67. The summed E-state index contributed by atoms with van der Waals surface area (Å²) in [7, 11) is 0. The van der Waals surface area contributed by atoms with Crippen LogP contribution in [0, 0.1) is 0 Å². The molecule has 1 aliphatic heterocycles. The molecule has 0 saturated heterocycles. The number of nitrogens with one attached hydrogen (secondary N) is 1. The van der Waals surface area contributed by atoms with E-state index in [1.165, 1.54) is 4.68 Å². The fraction of sp³-hybridized carbons (Fsp3) is 0. The highest BCUT2D eigenvalue weighted by Crippen LogP contribution is 2.33. The predicted octanol–water partition coefficient (Wildman–Crippen LogP) is 4.43. The van der Waals surface area contributed by atoms with Crippen molar-refractivity contribution in [2.24, 2.45) is 4.99 Å². The number of hydrogen-bond acceptors (Lipinski definition) is 3. The SMILES string of the molecule is O=c1[nH]n(-c2ccc(Cl)c(Cl)c2)c(O)c1C=C1C=Nc2ccccc21. The van der Waals surface area contributed by atoms with Crippen LogP contribution in [-0.2, 0) is 0 Å². The summed E-state index contributed by atoms with van der Waals surface area (Å²) in [5.74, 6) is -0.214. The van der Waals surface area contributed by atoms with Crippen molar-refractivity contribution >= 4 is 46.8 Å². The molecule has 0 spiro atoms. The fourth-order valence-corrected chi connectivity index (χ4v) is 2.98. The van der Waals surface area contributed by atoms with Crippen molar-refractivity contribution in [3.05, 3.63) is 74.0 Å². The van der Waals surface area contributed by atoms with Gasteiger partial charge in [-0.25, -0.2) is 4.68 Å². The predicted molar refractivity (Wildman–Crippen MR) is 101 cm³/mol. The Morgan fingerprint density at radius 3 is 2.72 bits per heavy atom. The number of para-hydroxylation sites is 1. The van der Waals surface area contributed by atoms with E-state index >= 15 is 0 Å². The summed E-state index contributed by atoms with van der Waals surface area (Å²) in [6, 6.07) is 12.4. The molecular formula is C18H11Cl2N3O2. The maximum Gasteiger partial charge on any atom is 0.275 e. The second-order valence-corrected chi connectivity index (χ2v) is 6.30. The Morgan fingerprint density at radius 1 is 1.12 bits per heavy atom. The van der Waals surface area contributed by atoms with E-state index in [0.29, 0.717) is 15.7 Å². The lowest BCUT2D eigenvalue weighted by Gasteiger charge is -2.05. The van der Waals surface area contributed by atoms with Gasteiger partial charge in [0, 0.05) is 17.4 Å². The summed E-state index contributed by atoms with van der Waals surface area (Å²) in [5.41, 5.74) is 2.70. The number of aromatic amines is 1. The van der Waals surface area contributed by atoms with E-state index in [4.69, 9.17) is 23.2 Å². The zero-order valence-electron chi connectivity index (χ0n) is 12.7. The van der Waals surface area contributed by atoms with Gasteiger partial charge in [-0.2, -0.15) is 0 Å². The van der Waals surface area contributed by atoms with Gasteiger partial charge >= 0.3 is 0 Å². The van der Waals surface area contributed by atoms with Crippen molar-refractivity contribution in [1.82, 2.24) is 9.78 Å². The monoisotopic (exact) mass is 371 g/mol. The summed E-state index contributed by atoms with van der Waals surface area (Å²) in [5, 5.41) is 13.8. The molecule has 5 nitrogen and oxygen atoms in total. The Hall–Kier alpha value is -2.76. The number of aliphatic imine (C=N–C) groups is 1. The van der Waals surface area contributed by atoms with Crippen LogP contribution >= 0.6 is 23.2 Å². The summed E-state index contributed by atoms with van der Waals surface area (Å²) in [6.07, 6.45) is 3.28. The molecular weight excluding hydrogens is 361 g/mol. The molecule has 4 rings (SSSR count). The zero-order valence-corrected chi connectivity index (χ0v) is 14.2. The second kappa shape index (κ2) is 5.95. The van der Waals surface area contributed by atoms with Crippen LogP contribution in [0.1, 0.15) is 11.1 Å². The number of nitrogens with zero attached hydrogens (tertiary/aromatic N) is 2. The summed E-state index contributed by atoms with van der Waals surface area (Å²) in [4.78, 5) is 16.6. The van der Waals surface area contributed by atoms with Gasteiger partial charge in [-0.05, 0) is 30.3 Å². The summed E-state index contributed by atoms with van der Waals surface area (Å²) < 4.78 is 1.26. The number of aromatic hydroxyl groups is 1. The quantitative estimate of drug-likeness (QED) is 0.699. The van der Waals surface area contributed by atoms with E-state index in [1.54, 1.807) is 30.5 Å². The number of rotatable bonds is 2. The van der Waals surface area contributed by atoms with E-state index in [2.05, 4.69) is 10.1 Å². The van der Waals surface area contributed by atoms with Crippen LogP contribution in [0.3, 0.4) is 0 Å². The highest BCUT2D eigenvalue weighted by Gasteiger charge is 2.17. The number of fused-ring (bicyclic) bond motifs is 1. The first kappa shape index (κ1) is 15.7. The topological polar surface area (TPSA) is 70.4 Å². The summed E-state index contributed by atoms with van der Waals surface area (Å²) >= 11 is 11.9. The van der Waals surface area contributed by atoms with Crippen LogP contribution in [0.4, 0.5) is 5.69 Å². The number of aromatic nitrogens is 2. The van der Waals surface area contributed by atoms with Gasteiger partial charge in [-0.3, -0.25) is 14.9 Å². The number of halogens is 2. The van der Waals surface area contributed by atoms with Gasteiger partial charge in [0.2, 0.25) is 5.88 Å². The molecule has 0 atom stereocenters. The maximum absolute atomic E-state index is 12.3. The van der Waals surface area contributed by atoms with Crippen molar-refractivity contribution in [1.29, 1.82) is 0 Å². The Morgan fingerprint density at radius 2 is 1.92 bits per heavy atom. The van der Waals surface area contributed by atoms with Crippen molar-refractivity contribution in [3.63, 3.8) is 0 Å². The molecule has 1 aliphatic rings. The molecule has 0 radical (unpaired) electrons. The molecule has 1 aromatic heterocycles. The first-order valence-corrected chi connectivity index (χ1v) is 8.15. The van der Waals surface area contributed by atoms with Crippen molar-refractivity contribution in [3.8, 4) is 11.6 Å². The van der Waals surface area contributed by atoms with Crippen molar-refractivity contribution < 1.29 is 5.11 Å². The minimum Gasteiger partial charge on any atom is -0.493 e. The Bertz CT molecular complexity index is 1110. The van der Waals surface area contributed by atoms with E-state index in [0.717, 1.165) is 16.8 Å². The van der Waals surface area contributed by atoms with Crippen LogP contribution < -0.4 is 5.56 Å². The number of H-pyrrole nitrogens is 1. The van der Waals surface area contributed by atoms with Crippen LogP contribution in [0.2, 0.25) is 10.0 Å². The van der Waals surface area contributed by atoms with Gasteiger partial charge in [0.25, 0.3) is 5.56 Å². The maximum atomic E-state index is 12.3. The van der Waals surface area contributed by atoms with Gasteiger partial charge in [-0.15, -0.1) is 0 Å². The van der Waals surface area contributed by atoms with Crippen molar-refractivity contribution in [2.45, 2.75) is 0 Å². The average Bonchev–Trinajstić information content (AvgIpc) is 3.14. The average molecular weight is 372 g/mol.